The molecule has 20 heavy (non-hydrogen) atoms. The maximum Gasteiger partial charge on any atom is 0.127 e. The lowest BCUT2D eigenvalue weighted by Crippen LogP contribution is -2.36. The van der Waals surface area contributed by atoms with E-state index in [1.165, 1.54) is 17.4 Å². The Morgan fingerprint density at radius 2 is 2.00 bits per heavy atom. The van der Waals surface area contributed by atoms with E-state index >= 15 is 0 Å². The van der Waals surface area contributed by atoms with E-state index in [1.807, 2.05) is 32.2 Å². The number of halogens is 2. The highest BCUT2D eigenvalue weighted by Crippen LogP contribution is 2.32. The molecule has 5 heteroatoms. The van der Waals surface area contributed by atoms with Crippen LogP contribution < -0.4 is 5.73 Å². The van der Waals surface area contributed by atoms with Gasteiger partial charge in [0.1, 0.15) is 5.82 Å². The summed E-state index contributed by atoms with van der Waals surface area (Å²) in [6.45, 7) is 2.46. The highest BCUT2D eigenvalue weighted by Gasteiger charge is 2.23. The van der Waals surface area contributed by atoms with Crippen LogP contribution in [0.4, 0.5) is 4.39 Å². The van der Waals surface area contributed by atoms with Crippen molar-refractivity contribution < 1.29 is 4.39 Å². The summed E-state index contributed by atoms with van der Waals surface area (Å²) in [6.07, 6.45) is 0. The highest BCUT2D eigenvalue weighted by molar-refractivity contribution is 7.16. The minimum atomic E-state index is -0.188. The summed E-state index contributed by atoms with van der Waals surface area (Å²) in [4.78, 5) is 3.16. The molecule has 0 saturated heterocycles. The first kappa shape index (κ1) is 15.4. The molecule has 108 valence electrons. The van der Waals surface area contributed by atoms with Crippen LogP contribution in [0.15, 0.2) is 36.4 Å². The molecule has 0 aliphatic heterocycles. The molecular formula is C15H18ClFN2S. The molecule has 2 N–H and O–H groups in total. The number of likely N-dealkylation sites (N-methyl/N-ethyl adjacent to an activating group) is 1. The van der Waals surface area contributed by atoms with Gasteiger partial charge in [0.05, 0.1) is 10.4 Å². The quantitative estimate of drug-likeness (QED) is 0.902. The van der Waals surface area contributed by atoms with Crippen LogP contribution in [0.1, 0.15) is 23.4 Å². The predicted octanol–water partition coefficient (Wildman–Crippen LogP) is 4.06. The van der Waals surface area contributed by atoms with E-state index in [0.717, 1.165) is 9.21 Å². The van der Waals surface area contributed by atoms with Crippen molar-refractivity contribution in [3.05, 3.63) is 57.0 Å². The van der Waals surface area contributed by atoms with Crippen LogP contribution >= 0.6 is 22.9 Å². The number of nitrogens with two attached hydrogens (primary N) is 1. The number of rotatable bonds is 5. The van der Waals surface area contributed by atoms with Crippen LogP contribution in [0.3, 0.4) is 0 Å². The van der Waals surface area contributed by atoms with E-state index in [2.05, 4.69) is 4.90 Å². The number of thiophene rings is 1. The van der Waals surface area contributed by atoms with E-state index in [1.54, 1.807) is 12.1 Å². The Labute approximate surface area is 128 Å². The van der Waals surface area contributed by atoms with Gasteiger partial charge in [0.25, 0.3) is 0 Å². The second kappa shape index (κ2) is 6.68. The predicted molar refractivity (Wildman–Crippen MR) is 83.6 cm³/mol. The molecule has 0 fully saturated rings. The summed E-state index contributed by atoms with van der Waals surface area (Å²) >= 11 is 7.52. The minimum Gasteiger partial charge on any atom is -0.326 e. The van der Waals surface area contributed by atoms with Crippen molar-refractivity contribution in [2.45, 2.75) is 25.6 Å². The third kappa shape index (κ3) is 3.58. The van der Waals surface area contributed by atoms with E-state index in [4.69, 9.17) is 17.3 Å². The number of hydrogen-bond acceptors (Lipinski definition) is 3. The Kier molecular flexibility index (Phi) is 5.16. The Balaban J connectivity index is 2.20. The van der Waals surface area contributed by atoms with Gasteiger partial charge in [-0.2, -0.15) is 0 Å². The second-order valence-corrected chi connectivity index (χ2v) is 6.70. The molecule has 2 rings (SSSR count). The lowest BCUT2D eigenvalue weighted by molar-refractivity contribution is 0.212. The van der Waals surface area contributed by atoms with Crippen LogP contribution in [0.5, 0.6) is 0 Å². The molecule has 0 bridgehead atoms. The van der Waals surface area contributed by atoms with Crippen LogP contribution in [0, 0.1) is 5.82 Å². The van der Waals surface area contributed by atoms with Crippen molar-refractivity contribution in [2.24, 2.45) is 5.73 Å². The molecule has 0 spiro atoms. The van der Waals surface area contributed by atoms with E-state index in [9.17, 15) is 4.39 Å². The molecule has 2 aromatic rings. The van der Waals surface area contributed by atoms with Gasteiger partial charge in [0.15, 0.2) is 0 Å². The number of nitrogens with zero attached hydrogens (tertiary/aromatic N) is 1. The molecule has 0 aliphatic carbocycles. The summed E-state index contributed by atoms with van der Waals surface area (Å²) in [5.41, 5.74) is 6.77. The summed E-state index contributed by atoms with van der Waals surface area (Å²) in [7, 11) is 1.95. The lowest BCUT2D eigenvalue weighted by atomic mass is 10.1. The van der Waals surface area contributed by atoms with Crippen LogP contribution in [-0.4, -0.2) is 18.0 Å². The van der Waals surface area contributed by atoms with Crippen LogP contribution in [0.2, 0.25) is 4.34 Å². The first-order valence-electron chi connectivity index (χ1n) is 6.43. The average molecular weight is 313 g/mol. The highest BCUT2D eigenvalue weighted by atomic mass is 35.5. The Morgan fingerprint density at radius 1 is 1.30 bits per heavy atom. The summed E-state index contributed by atoms with van der Waals surface area (Å²) in [5.74, 6) is -0.188. The zero-order chi connectivity index (χ0) is 14.7. The molecule has 0 aliphatic rings. The first-order chi connectivity index (χ1) is 9.49. The van der Waals surface area contributed by atoms with E-state index < -0.39 is 0 Å². The van der Waals surface area contributed by atoms with Crippen LogP contribution in [0.25, 0.3) is 0 Å². The van der Waals surface area contributed by atoms with Gasteiger partial charge in [-0.05, 0) is 32.2 Å². The molecule has 0 amide bonds. The molecule has 1 heterocycles. The van der Waals surface area contributed by atoms with Crippen LogP contribution in [-0.2, 0) is 6.54 Å². The van der Waals surface area contributed by atoms with Gasteiger partial charge < -0.3 is 5.73 Å². The van der Waals surface area contributed by atoms with Crippen molar-refractivity contribution in [3.8, 4) is 0 Å². The standard InChI is InChI=1S/C15H18ClFN2S/c1-10(18)15(13-7-8-14(16)20-13)19(2)9-11-5-3-4-6-12(11)17/h3-8,10,15H,9,18H2,1-2H3. The van der Waals surface area contributed by atoms with Crippen molar-refractivity contribution in [1.29, 1.82) is 0 Å². The minimum absolute atomic E-state index is 0.0205. The lowest BCUT2D eigenvalue weighted by Gasteiger charge is -2.30. The molecule has 2 unspecified atom stereocenters. The number of benzene rings is 1. The smallest absolute Gasteiger partial charge is 0.127 e. The molecule has 0 radical (unpaired) electrons. The molecular weight excluding hydrogens is 295 g/mol. The summed E-state index contributed by atoms with van der Waals surface area (Å²) < 4.78 is 14.5. The summed E-state index contributed by atoms with van der Waals surface area (Å²) in [6, 6.07) is 10.6. The van der Waals surface area contributed by atoms with Gasteiger partial charge in [-0.1, -0.05) is 29.8 Å². The topological polar surface area (TPSA) is 29.3 Å². The van der Waals surface area contributed by atoms with Gasteiger partial charge in [-0.3, -0.25) is 4.90 Å². The molecule has 2 atom stereocenters. The third-order valence-electron chi connectivity index (χ3n) is 3.24. The normalized spacial score (nSPS) is 14.5. The molecule has 1 aromatic heterocycles. The maximum atomic E-state index is 13.7. The maximum absolute atomic E-state index is 13.7. The largest absolute Gasteiger partial charge is 0.326 e. The van der Waals surface area contributed by atoms with Gasteiger partial charge in [-0.15, -0.1) is 11.3 Å². The number of hydrogen-bond donors (Lipinski definition) is 1. The molecule has 1 aromatic carbocycles. The first-order valence-corrected chi connectivity index (χ1v) is 7.63. The van der Waals surface area contributed by atoms with Crippen molar-refractivity contribution in [2.75, 3.05) is 7.05 Å². The van der Waals surface area contributed by atoms with Gasteiger partial charge in [0, 0.05) is 23.0 Å². The summed E-state index contributed by atoms with van der Waals surface area (Å²) in [5, 5.41) is 0. The van der Waals surface area contributed by atoms with E-state index in [-0.39, 0.29) is 17.9 Å². The Bertz CT molecular complexity index is 571. The zero-order valence-corrected chi connectivity index (χ0v) is 13.1. The Morgan fingerprint density at radius 3 is 2.55 bits per heavy atom. The van der Waals surface area contributed by atoms with Gasteiger partial charge in [0.2, 0.25) is 0 Å². The second-order valence-electron chi connectivity index (χ2n) is 4.95. The van der Waals surface area contributed by atoms with E-state index in [0.29, 0.717) is 12.1 Å². The van der Waals surface area contributed by atoms with Crippen molar-refractivity contribution in [1.82, 2.24) is 4.90 Å². The molecule has 2 nitrogen and oxygen atoms in total. The fourth-order valence-corrected chi connectivity index (χ4v) is 3.70. The van der Waals surface area contributed by atoms with Crippen molar-refractivity contribution >= 4 is 22.9 Å². The van der Waals surface area contributed by atoms with Crippen molar-refractivity contribution in [3.63, 3.8) is 0 Å². The average Bonchev–Trinajstić information content (AvgIpc) is 2.78. The fourth-order valence-electron chi connectivity index (χ4n) is 2.36. The van der Waals surface area contributed by atoms with Gasteiger partial charge in [-0.25, -0.2) is 4.39 Å². The monoisotopic (exact) mass is 312 g/mol. The van der Waals surface area contributed by atoms with Gasteiger partial charge >= 0.3 is 0 Å². The zero-order valence-electron chi connectivity index (χ0n) is 11.5. The molecule has 0 saturated carbocycles. The fraction of sp³-hybridized carbons (Fsp3) is 0.333. The SMILES string of the molecule is CC(N)C(c1ccc(Cl)s1)N(C)Cc1ccccc1F. The Hall–Kier alpha value is -0.940. The third-order valence-corrected chi connectivity index (χ3v) is 4.54.